The minimum atomic E-state index is 0.311. The molecule has 1 heterocycles. The minimum absolute atomic E-state index is 0.311. The van der Waals surface area contributed by atoms with Crippen LogP contribution in [0.1, 0.15) is 45.1 Å². The number of rotatable bonds is 9. The van der Waals surface area contributed by atoms with Crippen molar-refractivity contribution in [2.45, 2.75) is 52.5 Å². The van der Waals surface area contributed by atoms with Crippen molar-refractivity contribution in [1.82, 2.24) is 0 Å². The zero-order valence-electron chi connectivity index (χ0n) is 20.2. The maximum absolute atomic E-state index is 2.30. The Kier molecular flexibility index (Phi) is 10.5. The lowest BCUT2D eigenvalue weighted by atomic mass is 9.36. The van der Waals surface area contributed by atoms with Crippen LogP contribution >= 0.6 is 0 Å². The molecule has 0 fully saturated rings. The van der Waals surface area contributed by atoms with Crippen molar-refractivity contribution in [3.05, 3.63) is 121 Å². The summed E-state index contributed by atoms with van der Waals surface area (Å²) in [6, 6.07) is 36.8. The summed E-state index contributed by atoms with van der Waals surface area (Å²) in [5.74, 6) is 0. The number of nitrogens with zero attached hydrogens (tertiary/aromatic N) is 1. The van der Waals surface area contributed by atoms with Crippen molar-refractivity contribution in [2.24, 2.45) is 0 Å². The van der Waals surface area contributed by atoms with E-state index in [1.165, 1.54) is 47.6 Å². The van der Waals surface area contributed by atoms with Gasteiger partial charge in [0.2, 0.25) is 6.71 Å². The molecule has 0 unspecified atom stereocenters. The summed E-state index contributed by atoms with van der Waals surface area (Å²) in [7, 11) is 0. The van der Waals surface area contributed by atoms with Crippen LogP contribution in [0.4, 0.5) is 0 Å². The van der Waals surface area contributed by atoms with E-state index in [9.17, 15) is 0 Å². The van der Waals surface area contributed by atoms with Gasteiger partial charge in [0, 0.05) is 18.6 Å². The number of aromatic nitrogens is 1. The largest absolute Gasteiger partial charge is 0.241 e. The number of pyridine rings is 1. The molecule has 0 N–H and O–H groups in total. The van der Waals surface area contributed by atoms with Crippen LogP contribution < -0.4 is 21.0 Å². The Morgan fingerprint density at radius 1 is 0.576 bits per heavy atom. The molecule has 3 aromatic carbocycles. The minimum Gasteiger partial charge on any atom is -0.205 e. The number of hydrogen-bond donors (Lipinski definition) is 0. The molecule has 0 amide bonds. The molecule has 1 aromatic heterocycles. The second kappa shape index (κ2) is 14.1. The Bertz CT molecular complexity index is 992. The average molecular weight is 434 g/mol. The van der Waals surface area contributed by atoms with Gasteiger partial charge < -0.3 is 0 Å². The van der Waals surface area contributed by atoms with Gasteiger partial charge in [-0.1, -0.05) is 140 Å². The van der Waals surface area contributed by atoms with Crippen LogP contribution in [0.5, 0.6) is 0 Å². The standard InChI is InChI=1S/C22H23B.C9H14N/c1-2-3-12-19-13-10-11-18-22(19)23(20-14-6-4-7-15-20)21-16-8-5-9-17-21;1-2-3-7-10-8-5-4-6-9-10/h4-11,13-18H,2-3,12H2,1H3;4-6,8-9H,2-3,7H2,1H3/q;+1. The number of hydrogen-bond acceptors (Lipinski definition) is 0. The molecule has 4 aromatic rings. The molecule has 1 nitrogen and oxygen atoms in total. The fourth-order valence-corrected chi connectivity index (χ4v) is 4.18. The van der Waals surface area contributed by atoms with Crippen molar-refractivity contribution >= 4 is 23.1 Å². The van der Waals surface area contributed by atoms with Gasteiger partial charge in [0.15, 0.2) is 12.4 Å². The van der Waals surface area contributed by atoms with E-state index in [4.69, 9.17) is 0 Å². The summed E-state index contributed by atoms with van der Waals surface area (Å²) in [5.41, 5.74) is 5.65. The molecule has 0 aliphatic rings. The highest BCUT2D eigenvalue weighted by Gasteiger charge is 2.23. The van der Waals surface area contributed by atoms with Gasteiger partial charge in [0.1, 0.15) is 6.54 Å². The second-order valence-corrected chi connectivity index (χ2v) is 8.52. The van der Waals surface area contributed by atoms with Crippen LogP contribution in [0.25, 0.3) is 0 Å². The van der Waals surface area contributed by atoms with Crippen molar-refractivity contribution < 1.29 is 4.57 Å². The van der Waals surface area contributed by atoms with E-state index in [1.807, 2.05) is 6.07 Å². The predicted molar refractivity (Wildman–Crippen MR) is 144 cm³/mol. The summed E-state index contributed by atoms with van der Waals surface area (Å²) < 4.78 is 2.21. The number of unbranched alkanes of at least 4 members (excludes halogenated alkanes) is 2. The lowest BCUT2D eigenvalue weighted by Crippen LogP contribution is -2.53. The van der Waals surface area contributed by atoms with E-state index in [2.05, 4.69) is 128 Å². The summed E-state index contributed by atoms with van der Waals surface area (Å²) in [5, 5.41) is 0. The third-order valence-corrected chi connectivity index (χ3v) is 5.98. The van der Waals surface area contributed by atoms with Crippen LogP contribution in [0.15, 0.2) is 116 Å². The second-order valence-electron chi connectivity index (χ2n) is 8.52. The zero-order chi connectivity index (χ0) is 23.1. The Labute approximate surface area is 201 Å². The molecule has 0 atom stereocenters. The van der Waals surface area contributed by atoms with Gasteiger partial charge >= 0.3 is 0 Å². The van der Waals surface area contributed by atoms with E-state index < -0.39 is 0 Å². The summed E-state index contributed by atoms with van der Waals surface area (Å²) in [4.78, 5) is 0. The fraction of sp³-hybridized carbons (Fsp3) is 0.258. The lowest BCUT2D eigenvalue weighted by molar-refractivity contribution is -0.697. The van der Waals surface area contributed by atoms with Crippen LogP contribution in [0.2, 0.25) is 0 Å². The molecule has 0 saturated carbocycles. The van der Waals surface area contributed by atoms with E-state index in [1.54, 1.807) is 0 Å². The van der Waals surface area contributed by atoms with E-state index in [-0.39, 0.29) is 0 Å². The van der Waals surface area contributed by atoms with E-state index in [0.29, 0.717) is 6.71 Å². The van der Waals surface area contributed by atoms with Gasteiger partial charge in [0.25, 0.3) is 0 Å². The number of aryl methyl sites for hydroxylation is 2. The van der Waals surface area contributed by atoms with Gasteiger partial charge in [-0.25, -0.2) is 4.57 Å². The summed E-state index contributed by atoms with van der Waals surface area (Å²) in [6.07, 6.45) is 10.4. The van der Waals surface area contributed by atoms with Crippen LogP contribution in [0.3, 0.4) is 0 Å². The third kappa shape index (κ3) is 7.75. The van der Waals surface area contributed by atoms with Crippen molar-refractivity contribution in [3.8, 4) is 0 Å². The molecular formula is C31H37BN+. The maximum Gasteiger partial charge on any atom is 0.241 e. The van der Waals surface area contributed by atoms with Crippen molar-refractivity contribution in [3.63, 3.8) is 0 Å². The van der Waals surface area contributed by atoms with Crippen molar-refractivity contribution in [1.29, 1.82) is 0 Å². The Hall–Kier alpha value is -3.13. The van der Waals surface area contributed by atoms with Crippen LogP contribution in [-0.4, -0.2) is 6.71 Å². The molecule has 0 aliphatic heterocycles. The van der Waals surface area contributed by atoms with Crippen LogP contribution in [-0.2, 0) is 13.0 Å². The first-order valence-electron chi connectivity index (χ1n) is 12.4. The number of benzene rings is 3. The Morgan fingerprint density at radius 2 is 1.09 bits per heavy atom. The molecule has 33 heavy (non-hydrogen) atoms. The van der Waals surface area contributed by atoms with Crippen molar-refractivity contribution in [2.75, 3.05) is 0 Å². The molecule has 4 rings (SSSR count). The molecule has 0 saturated heterocycles. The van der Waals surface area contributed by atoms with Gasteiger partial charge in [-0.3, -0.25) is 0 Å². The van der Waals surface area contributed by atoms with Gasteiger partial charge in [-0.05, 0) is 12.8 Å². The highest BCUT2D eigenvalue weighted by atomic mass is 14.9. The highest BCUT2D eigenvalue weighted by molar-refractivity contribution is 6.95. The first-order chi connectivity index (χ1) is 16.3. The van der Waals surface area contributed by atoms with Gasteiger partial charge in [-0.2, -0.15) is 0 Å². The Morgan fingerprint density at radius 3 is 1.67 bits per heavy atom. The lowest BCUT2D eigenvalue weighted by Gasteiger charge is -2.19. The zero-order valence-corrected chi connectivity index (χ0v) is 20.2. The summed E-state index contributed by atoms with van der Waals surface area (Å²) >= 11 is 0. The SMILES string of the molecule is CCCC[n+]1ccccc1.CCCCc1ccccc1B(c1ccccc1)c1ccccc1. The van der Waals surface area contributed by atoms with Gasteiger partial charge in [-0.15, -0.1) is 0 Å². The first-order valence-corrected chi connectivity index (χ1v) is 12.4. The summed E-state index contributed by atoms with van der Waals surface area (Å²) in [6.45, 7) is 5.93. The van der Waals surface area contributed by atoms with E-state index in [0.717, 1.165) is 13.0 Å². The highest BCUT2D eigenvalue weighted by Crippen LogP contribution is 2.05. The van der Waals surface area contributed by atoms with Gasteiger partial charge in [0.05, 0.1) is 0 Å². The maximum atomic E-state index is 2.30. The Balaban J connectivity index is 0.000000257. The van der Waals surface area contributed by atoms with E-state index >= 15 is 0 Å². The smallest absolute Gasteiger partial charge is 0.205 e. The third-order valence-electron chi connectivity index (χ3n) is 5.98. The molecule has 0 bridgehead atoms. The quantitative estimate of drug-likeness (QED) is 0.248. The average Bonchev–Trinajstić information content (AvgIpc) is 2.89. The fourth-order valence-electron chi connectivity index (χ4n) is 4.18. The molecule has 0 radical (unpaired) electrons. The molecule has 168 valence electrons. The molecule has 0 spiro atoms. The topological polar surface area (TPSA) is 3.88 Å². The predicted octanol–water partition coefficient (Wildman–Crippen LogP) is 5.32. The van der Waals surface area contributed by atoms with Crippen LogP contribution in [0, 0.1) is 0 Å². The molecule has 0 aliphatic carbocycles. The molecular weight excluding hydrogens is 397 g/mol. The first kappa shape index (κ1) is 24.5. The normalized spacial score (nSPS) is 10.2. The monoisotopic (exact) mass is 434 g/mol. The molecule has 2 heteroatoms.